The lowest BCUT2D eigenvalue weighted by Crippen LogP contribution is -2.07. The van der Waals surface area contributed by atoms with E-state index in [0.717, 1.165) is 6.07 Å². The monoisotopic (exact) mass is 217 g/mol. The predicted octanol–water partition coefficient (Wildman–Crippen LogP) is 1.36. The van der Waals surface area contributed by atoms with Gasteiger partial charge in [0.25, 0.3) is 0 Å². The molecule has 0 bridgehead atoms. The van der Waals surface area contributed by atoms with Gasteiger partial charge in [0, 0.05) is 6.92 Å². The van der Waals surface area contributed by atoms with Crippen LogP contribution in [0.3, 0.4) is 0 Å². The van der Waals surface area contributed by atoms with E-state index in [0.29, 0.717) is 0 Å². The summed E-state index contributed by atoms with van der Waals surface area (Å²) < 4.78 is 32.3. The second-order valence-corrected chi connectivity index (χ2v) is 3.54. The SMILES string of the molecule is CC(=O)Nc1ccc(S(=O)O)cc1F. The van der Waals surface area contributed by atoms with Gasteiger partial charge in [-0.2, -0.15) is 0 Å². The van der Waals surface area contributed by atoms with Crippen LogP contribution < -0.4 is 5.32 Å². The zero-order chi connectivity index (χ0) is 10.7. The van der Waals surface area contributed by atoms with Crippen molar-refractivity contribution in [2.45, 2.75) is 11.8 Å². The van der Waals surface area contributed by atoms with Gasteiger partial charge >= 0.3 is 0 Å². The van der Waals surface area contributed by atoms with Crippen LogP contribution in [0.5, 0.6) is 0 Å². The minimum atomic E-state index is -2.21. The number of benzene rings is 1. The lowest BCUT2D eigenvalue weighted by Gasteiger charge is -2.03. The van der Waals surface area contributed by atoms with Gasteiger partial charge in [0.15, 0.2) is 11.1 Å². The molecule has 0 saturated carbocycles. The molecule has 0 aliphatic carbocycles. The van der Waals surface area contributed by atoms with Crippen molar-refractivity contribution in [1.82, 2.24) is 0 Å². The van der Waals surface area contributed by atoms with Crippen LogP contribution >= 0.6 is 0 Å². The Bertz CT molecular complexity index is 394. The molecule has 0 heterocycles. The van der Waals surface area contributed by atoms with Gasteiger partial charge in [0.1, 0.15) is 5.82 Å². The number of carbonyl (C=O) groups is 1. The molecular formula is C8H8FNO3S. The normalized spacial score (nSPS) is 12.2. The molecule has 2 N–H and O–H groups in total. The largest absolute Gasteiger partial charge is 0.324 e. The van der Waals surface area contributed by atoms with Gasteiger partial charge in [-0.3, -0.25) is 4.79 Å². The molecule has 1 aromatic rings. The van der Waals surface area contributed by atoms with E-state index in [1.54, 1.807) is 0 Å². The van der Waals surface area contributed by atoms with Gasteiger partial charge < -0.3 is 9.87 Å². The number of hydrogen-bond acceptors (Lipinski definition) is 2. The molecule has 1 amide bonds. The van der Waals surface area contributed by atoms with E-state index in [9.17, 15) is 13.4 Å². The number of nitrogens with one attached hydrogen (secondary N) is 1. The third kappa shape index (κ3) is 2.61. The summed E-state index contributed by atoms with van der Waals surface area (Å²) in [6.45, 7) is 1.25. The summed E-state index contributed by atoms with van der Waals surface area (Å²) in [7, 11) is 0. The molecule has 76 valence electrons. The minimum Gasteiger partial charge on any atom is -0.324 e. The molecule has 0 aliphatic heterocycles. The summed E-state index contributed by atoms with van der Waals surface area (Å²) in [5.41, 5.74) is -0.00769. The molecule has 1 aromatic carbocycles. The summed E-state index contributed by atoms with van der Waals surface area (Å²) >= 11 is -2.21. The van der Waals surface area contributed by atoms with Crippen molar-refractivity contribution in [2.24, 2.45) is 0 Å². The molecule has 0 spiro atoms. The summed E-state index contributed by atoms with van der Waals surface area (Å²) in [5, 5.41) is 2.24. The second-order valence-electron chi connectivity index (χ2n) is 2.57. The molecule has 6 heteroatoms. The maximum Gasteiger partial charge on any atom is 0.221 e. The fraction of sp³-hybridized carbons (Fsp3) is 0.125. The fourth-order valence-corrected chi connectivity index (χ4v) is 1.28. The Morgan fingerprint density at radius 1 is 1.57 bits per heavy atom. The molecule has 0 aliphatic rings. The molecule has 0 fully saturated rings. The lowest BCUT2D eigenvalue weighted by molar-refractivity contribution is -0.114. The van der Waals surface area contributed by atoms with Crippen LogP contribution in [0, 0.1) is 5.82 Å². The Morgan fingerprint density at radius 3 is 2.64 bits per heavy atom. The first-order chi connectivity index (χ1) is 6.50. The summed E-state index contributed by atoms with van der Waals surface area (Å²) in [6, 6.07) is 3.41. The molecule has 0 aromatic heterocycles. The van der Waals surface area contributed by atoms with Crippen molar-refractivity contribution in [3.05, 3.63) is 24.0 Å². The number of rotatable bonds is 2. The summed E-state index contributed by atoms with van der Waals surface area (Å²) in [4.78, 5) is 10.6. The quantitative estimate of drug-likeness (QED) is 0.735. The minimum absolute atomic E-state index is 0.00769. The molecule has 0 saturated heterocycles. The van der Waals surface area contributed by atoms with Crippen molar-refractivity contribution in [2.75, 3.05) is 5.32 Å². The third-order valence-electron chi connectivity index (χ3n) is 1.45. The van der Waals surface area contributed by atoms with Crippen molar-refractivity contribution in [3.63, 3.8) is 0 Å². The Labute approximate surface area is 82.4 Å². The van der Waals surface area contributed by atoms with E-state index in [4.69, 9.17) is 4.55 Å². The Kier molecular flexibility index (Phi) is 3.32. The topological polar surface area (TPSA) is 66.4 Å². The third-order valence-corrected chi connectivity index (χ3v) is 2.11. The van der Waals surface area contributed by atoms with Crippen LogP contribution in [0.4, 0.5) is 10.1 Å². The van der Waals surface area contributed by atoms with Gasteiger partial charge in [-0.15, -0.1) is 0 Å². The standard InChI is InChI=1S/C8H8FNO3S/c1-5(11)10-8-3-2-6(14(12)13)4-7(8)9/h2-4H,1H3,(H,10,11)(H,12,13). The van der Waals surface area contributed by atoms with Crippen molar-refractivity contribution < 1.29 is 17.9 Å². The first-order valence-corrected chi connectivity index (χ1v) is 4.79. The molecule has 1 rings (SSSR count). The highest BCUT2D eigenvalue weighted by molar-refractivity contribution is 7.79. The summed E-state index contributed by atoms with van der Waals surface area (Å²) in [5.74, 6) is -1.14. The average Bonchev–Trinajstić information content (AvgIpc) is 2.07. The molecule has 0 radical (unpaired) electrons. The van der Waals surface area contributed by atoms with Gasteiger partial charge in [-0.05, 0) is 18.2 Å². The number of carbonyl (C=O) groups excluding carboxylic acids is 1. The number of hydrogen-bond donors (Lipinski definition) is 2. The van der Waals surface area contributed by atoms with Crippen LogP contribution in [-0.2, 0) is 15.9 Å². The van der Waals surface area contributed by atoms with Gasteiger partial charge in [-0.1, -0.05) is 0 Å². The summed E-state index contributed by atoms with van der Waals surface area (Å²) in [6.07, 6.45) is 0. The Hall–Kier alpha value is -1.27. The average molecular weight is 217 g/mol. The number of anilines is 1. The van der Waals surface area contributed by atoms with Crippen molar-refractivity contribution in [1.29, 1.82) is 0 Å². The van der Waals surface area contributed by atoms with Gasteiger partial charge in [0.05, 0.1) is 10.6 Å². The highest BCUT2D eigenvalue weighted by Gasteiger charge is 2.07. The smallest absolute Gasteiger partial charge is 0.221 e. The maximum absolute atomic E-state index is 13.1. The number of amides is 1. The molecule has 4 nitrogen and oxygen atoms in total. The van der Waals surface area contributed by atoms with Crippen LogP contribution in [0.1, 0.15) is 6.92 Å². The second kappa shape index (κ2) is 4.30. The Morgan fingerprint density at radius 2 is 2.21 bits per heavy atom. The van der Waals surface area contributed by atoms with E-state index in [1.165, 1.54) is 19.1 Å². The van der Waals surface area contributed by atoms with Gasteiger partial charge in [-0.25, -0.2) is 8.60 Å². The fourth-order valence-electron chi connectivity index (χ4n) is 0.895. The Balaban J connectivity index is 3.01. The number of halogens is 1. The zero-order valence-corrected chi connectivity index (χ0v) is 8.10. The zero-order valence-electron chi connectivity index (χ0n) is 7.28. The van der Waals surface area contributed by atoms with E-state index in [1.807, 2.05) is 0 Å². The van der Waals surface area contributed by atoms with E-state index in [-0.39, 0.29) is 10.6 Å². The van der Waals surface area contributed by atoms with Crippen LogP contribution in [-0.4, -0.2) is 14.7 Å². The molecule has 1 unspecified atom stereocenters. The van der Waals surface area contributed by atoms with Crippen LogP contribution in [0.15, 0.2) is 23.1 Å². The maximum atomic E-state index is 13.1. The van der Waals surface area contributed by atoms with Crippen LogP contribution in [0.25, 0.3) is 0 Å². The van der Waals surface area contributed by atoms with Crippen molar-refractivity contribution >= 4 is 22.7 Å². The molecule has 14 heavy (non-hydrogen) atoms. The predicted molar refractivity (Wildman–Crippen MR) is 49.7 cm³/mol. The highest BCUT2D eigenvalue weighted by Crippen LogP contribution is 2.17. The van der Waals surface area contributed by atoms with E-state index >= 15 is 0 Å². The first-order valence-electron chi connectivity index (χ1n) is 3.68. The first kappa shape index (κ1) is 10.8. The molecular weight excluding hydrogens is 209 g/mol. The van der Waals surface area contributed by atoms with Crippen molar-refractivity contribution in [3.8, 4) is 0 Å². The van der Waals surface area contributed by atoms with E-state index in [2.05, 4.69) is 5.32 Å². The van der Waals surface area contributed by atoms with E-state index < -0.39 is 22.8 Å². The highest BCUT2D eigenvalue weighted by atomic mass is 32.2. The van der Waals surface area contributed by atoms with Gasteiger partial charge in [0.2, 0.25) is 5.91 Å². The molecule has 1 atom stereocenters. The lowest BCUT2D eigenvalue weighted by atomic mass is 10.3. The van der Waals surface area contributed by atoms with Crippen LogP contribution in [0.2, 0.25) is 0 Å².